The van der Waals surface area contributed by atoms with Gasteiger partial charge in [0.15, 0.2) is 5.76 Å². The topological polar surface area (TPSA) is 63.1 Å². The molecule has 1 aliphatic carbocycles. The predicted octanol–water partition coefficient (Wildman–Crippen LogP) is 2.94. The molecule has 0 atom stereocenters. The fraction of sp³-hybridized carbons (Fsp3) is 0.500. The highest BCUT2D eigenvalue weighted by Gasteiger charge is 2.16. The van der Waals surface area contributed by atoms with Gasteiger partial charge in [0.2, 0.25) is 0 Å². The molecule has 19 heavy (non-hydrogen) atoms. The lowest BCUT2D eigenvalue weighted by atomic mass is 10.2. The highest BCUT2D eigenvalue weighted by Crippen LogP contribution is 2.24. The molecule has 0 saturated heterocycles. The summed E-state index contributed by atoms with van der Waals surface area (Å²) >= 11 is 0. The molecule has 102 valence electrons. The van der Waals surface area contributed by atoms with Gasteiger partial charge in [-0.1, -0.05) is 12.8 Å². The molecule has 0 unspecified atom stereocenters. The molecular weight excluding hydrogens is 242 g/mol. The predicted molar refractivity (Wildman–Crippen MR) is 71.2 cm³/mol. The van der Waals surface area contributed by atoms with Crippen molar-refractivity contribution in [2.45, 2.75) is 45.3 Å². The van der Waals surface area contributed by atoms with E-state index in [-0.39, 0.29) is 0 Å². The molecule has 0 amide bonds. The monoisotopic (exact) mass is 261 g/mol. The van der Waals surface area contributed by atoms with Crippen LogP contribution in [0.1, 0.15) is 37.0 Å². The van der Waals surface area contributed by atoms with E-state index in [1.165, 1.54) is 12.8 Å². The Kier molecular flexibility index (Phi) is 3.66. The highest BCUT2D eigenvalue weighted by molar-refractivity contribution is 5.56. The second-order valence-electron chi connectivity index (χ2n) is 5.03. The van der Waals surface area contributed by atoms with Gasteiger partial charge in [0, 0.05) is 12.1 Å². The Labute approximate surface area is 112 Å². The van der Waals surface area contributed by atoms with E-state index in [1.54, 1.807) is 6.20 Å². The van der Waals surface area contributed by atoms with Crippen molar-refractivity contribution in [2.75, 3.05) is 0 Å². The molecule has 3 rings (SSSR count). The maximum atomic E-state index is 5.65. The maximum absolute atomic E-state index is 5.65. The summed E-state index contributed by atoms with van der Waals surface area (Å²) in [6.07, 6.45) is 7.02. The number of furan rings is 1. The van der Waals surface area contributed by atoms with Crippen molar-refractivity contribution in [1.29, 1.82) is 0 Å². The van der Waals surface area contributed by atoms with Crippen LogP contribution in [0, 0.1) is 6.92 Å². The summed E-state index contributed by atoms with van der Waals surface area (Å²) in [7, 11) is 0. The summed E-state index contributed by atoms with van der Waals surface area (Å²) < 4.78 is 5.61. The van der Waals surface area contributed by atoms with Crippen molar-refractivity contribution >= 4 is 0 Å². The molecule has 5 nitrogen and oxygen atoms in total. The van der Waals surface area contributed by atoms with Crippen LogP contribution < -0.4 is 5.48 Å². The zero-order valence-electron chi connectivity index (χ0n) is 11.1. The van der Waals surface area contributed by atoms with Gasteiger partial charge < -0.3 is 4.42 Å². The molecule has 5 heteroatoms. The van der Waals surface area contributed by atoms with E-state index >= 15 is 0 Å². The Bertz CT molecular complexity index is 526. The van der Waals surface area contributed by atoms with Crippen LogP contribution in [0.5, 0.6) is 0 Å². The van der Waals surface area contributed by atoms with Gasteiger partial charge in [-0.2, -0.15) is 10.6 Å². The summed E-state index contributed by atoms with van der Waals surface area (Å²) in [6, 6.07) is 3.90. The van der Waals surface area contributed by atoms with E-state index in [0.29, 0.717) is 12.6 Å². The number of hydroxylamine groups is 1. The van der Waals surface area contributed by atoms with Crippen LogP contribution in [0.15, 0.2) is 22.7 Å². The Hall–Kier alpha value is -1.59. The number of hydrogen-bond acceptors (Lipinski definition) is 4. The molecule has 1 saturated carbocycles. The van der Waals surface area contributed by atoms with E-state index in [1.807, 2.05) is 19.1 Å². The third-order valence-electron chi connectivity index (χ3n) is 3.52. The molecular formula is C14H19N3O2. The van der Waals surface area contributed by atoms with E-state index < -0.39 is 0 Å². The highest BCUT2D eigenvalue weighted by atomic mass is 16.7. The number of nitrogens with one attached hydrogen (secondary N) is 2. The zero-order chi connectivity index (χ0) is 13.1. The van der Waals surface area contributed by atoms with Gasteiger partial charge in [0.1, 0.15) is 11.5 Å². The van der Waals surface area contributed by atoms with Crippen molar-refractivity contribution in [1.82, 2.24) is 15.7 Å². The molecule has 0 aliphatic heterocycles. The number of rotatable bonds is 5. The van der Waals surface area contributed by atoms with Crippen LogP contribution in [-0.4, -0.2) is 16.3 Å². The molecule has 0 radical (unpaired) electrons. The Balaban J connectivity index is 1.60. The van der Waals surface area contributed by atoms with Gasteiger partial charge in [-0.15, -0.1) is 0 Å². The van der Waals surface area contributed by atoms with Crippen LogP contribution in [0.2, 0.25) is 0 Å². The minimum absolute atomic E-state index is 0.362. The molecule has 1 aliphatic rings. The van der Waals surface area contributed by atoms with Gasteiger partial charge >= 0.3 is 0 Å². The third-order valence-corrected chi connectivity index (χ3v) is 3.52. The SMILES string of the molecule is Cc1ccc(-c2[nH]ncc2CNOC2CCCC2)o1. The Morgan fingerprint density at radius 2 is 2.26 bits per heavy atom. The summed E-state index contributed by atoms with van der Waals surface area (Å²) in [5.74, 6) is 1.71. The summed E-state index contributed by atoms with van der Waals surface area (Å²) in [6.45, 7) is 2.56. The molecule has 2 heterocycles. The lowest BCUT2D eigenvalue weighted by Crippen LogP contribution is -2.21. The van der Waals surface area contributed by atoms with Crippen LogP contribution in [0.3, 0.4) is 0 Å². The van der Waals surface area contributed by atoms with Crippen LogP contribution in [0.4, 0.5) is 0 Å². The Morgan fingerprint density at radius 1 is 1.42 bits per heavy atom. The van der Waals surface area contributed by atoms with Gasteiger partial charge in [0.25, 0.3) is 0 Å². The summed E-state index contributed by atoms with van der Waals surface area (Å²) in [4.78, 5) is 5.65. The average Bonchev–Trinajstić information content (AvgIpc) is 3.10. The van der Waals surface area contributed by atoms with E-state index in [0.717, 1.165) is 35.6 Å². The van der Waals surface area contributed by atoms with Gasteiger partial charge in [-0.05, 0) is 31.9 Å². The average molecular weight is 261 g/mol. The van der Waals surface area contributed by atoms with Crippen LogP contribution in [0.25, 0.3) is 11.5 Å². The van der Waals surface area contributed by atoms with Crippen molar-refractivity contribution in [2.24, 2.45) is 0 Å². The quantitative estimate of drug-likeness (QED) is 0.812. The van der Waals surface area contributed by atoms with Gasteiger partial charge in [0.05, 0.1) is 12.3 Å². The molecule has 0 bridgehead atoms. The minimum Gasteiger partial charge on any atom is -0.460 e. The summed E-state index contributed by atoms with van der Waals surface area (Å²) in [5.41, 5.74) is 5.01. The third kappa shape index (κ3) is 2.88. The van der Waals surface area contributed by atoms with Crippen molar-refractivity contribution in [3.8, 4) is 11.5 Å². The van der Waals surface area contributed by atoms with Gasteiger partial charge in [-0.3, -0.25) is 9.94 Å². The number of nitrogens with zero attached hydrogens (tertiary/aromatic N) is 1. The number of aromatic nitrogens is 2. The molecule has 2 aromatic heterocycles. The summed E-state index contributed by atoms with van der Waals surface area (Å²) in [5, 5.41) is 7.05. The maximum Gasteiger partial charge on any atom is 0.152 e. The van der Waals surface area contributed by atoms with Crippen molar-refractivity contribution in [3.05, 3.63) is 29.7 Å². The molecule has 2 aromatic rings. The molecule has 0 aromatic carbocycles. The zero-order valence-corrected chi connectivity index (χ0v) is 11.1. The first-order valence-corrected chi connectivity index (χ1v) is 6.80. The number of H-pyrrole nitrogens is 1. The molecule has 1 fully saturated rings. The lowest BCUT2D eigenvalue weighted by Gasteiger charge is -2.11. The number of aromatic amines is 1. The number of aryl methyl sites for hydroxylation is 1. The van der Waals surface area contributed by atoms with Crippen molar-refractivity contribution < 1.29 is 9.25 Å². The first-order chi connectivity index (χ1) is 9.33. The lowest BCUT2D eigenvalue weighted by molar-refractivity contribution is -0.0243. The second-order valence-corrected chi connectivity index (χ2v) is 5.03. The first kappa shape index (κ1) is 12.4. The van der Waals surface area contributed by atoms with Gasteiger partial charge in [-0.25, -0.2) is 0 Å². The largest absolute Gasteiger partial charge is 0.460 e. The fourth-order valence-electron chi connectivity index (χ4n) is 2.47. The Morgan fingerprint density at radius 3 is 3.00 bits per heavy atom. The number of hydrogen-bond donors (Lipinski definition) is 2. The van der Waals surface area contributed by atoms with E-state index in [4.69, 9.17) is 9.25 Å². The molecule has 0 spiro atoms. The smallest absolute Gasteiger partial charge is 0.152 e. The van der Waals surface area contributed by atoms with E-state index in [2.05, 4.69) is 15.7 Å². The first-order valence-electron chi connectivity index (χ1n) is 6.80. The fourth-order valence-corrected chi connectivity index (χ4v) is 2.47. The normalized spacial score (nSPS) is 16.3. The minimum atomic E-state index is 0.362. The molecule has 2 N–H and O–H groups in total. The van der Waals surface area contributed by atoms with Crippen LogP contribution >= 0.6 is 0 Å². The van der Waals surface area contributed by atoms with Crippen molar-refractivity contribution in [3.63, 3.8) is 0 Å². The second kappa shape index (κ2) is 5.59. The standard InChI is InChI=1S/C14H19N3O2/c1-10-6-7-13(18-10)14-11(8-15-17-14)9-16-19-12-4-2-3-5-12/h6-8,12,16H,2-5,9H2,1H3,(H,15,17). The van der Waals surface area contributed by atoms with E-state index in [9.17, 15) is 0 Å². The van der Waals surface area contributed by atoms with Crippen LogP contribution in [-0.2, 0) is 11.4 Å².